The van der Waals surface area contributed by atoms with Crippen LogP contribution >= 0.6 is 0 Å². The van der Waals surface area contributed by atoms with Crippen molar-refractivity contribution in [2.75, 3.05) is 5.32 Å². The lowest BCUT2D eigenvalue weighted by Gasteiger charge is -2.07. The Kier molecular flexibility index (Phi) is 4.76. The van der Waals surface area contributed by atoms with Gasteiger partial charge in [-0.15, -0.1) is 5.10 Å². The molecule has 2 aromatic carbocycles. The lowest BCUT2D eigenvalue weighted by molar-refractivity contribution is 0.0947. The van der Waals surface area contributed by atoms with Crippen molar-refractivity contribution >= 4 is 11.9 Å². The maximum absolute atomic E-state index is 13.1. The van der Waals surface area contributed by atoms with Crippen molar-refractivity contribution in [3.05, 3.63) is 89.4 Å². The maximum atomic E-state index is 13.1. The number of carbonyl (C=O) groups excluding carboxylic acids is 1. The van der Waals surface area contributed by atoms with E-state index < -0.39 is 0 Å². The summed E-state index contributed by atoms with van der Waals surface area (Å²) in [6, 6.07) is 19.0. The monoisotopic (exact) mass is 372 g/mol. The van der Waals surface area contributed by atoms with Crippen molar-refractivity contribution in [2.24, 2.45) is 0 Å². The average molecular weight is 372 g/mol. The molecule has 0 unspecified atom stereocenters. The van der Waals surface area contributed by atoms with Crippen molar-refractivity contribution in [1.82, 2.24) is 14.8 Å². The smallest absolute Gasteiger partial charge is 0.281 e. The predicted molar refractivity (Wildman–Crippen MR) is 107 cm³/mol. The van der Waals surface area contributed by atoms with Crippen molar-refractivity contribution < 1.29 is 9.21 Å². The minimum absolute atomic E-state index is 0.231. The number of rotatable bonds is 5. The van der Waals surface area contributed by atoms with E-state index in [1.807, 2.05) is 68.4 Å². The molecule has 0 spiro atoms. The van der Waals surface area contributed by atoms with Gasteiger partial charge in [-0.2, -0.15) is 9.67 Å². The highest BCUT2D eigenvalue weighted by Crippen LogP contribution is 2.21. The minimum atomic E-state index is -0.231. The summed E-state index contributed by atoms with van der Waals surface area (Å²) in [6.45, 7) is 4.33. The van der Waals surface area contributed by atoms with E-state index in [2.05, 4.69) is 15.4 Å². The Morgan fingerprint density at radius 2 is 1.82 bits per heavy atom. The fraction of sp³-hybridized carbons (Fsp3) is 0.136. The lowest BCUT2D eigenvalue weighted by Crippen LogP contribution is -2.18. The summed E-state index contributed by atoms with van der Waals surface area (Å²) in [7, 11) is 0. The Hall–Kier alpha value is -3.67. The van der Waals surface area contributed by atoms with Gasteiger partial charge in [-0.05, 0) is 37.6 Å². The van der Waals surface area contributed by atoms with Crippen LogP contribution in [0.5, 0.6) is 0 Å². The van der Waals surface area contributed by atoms with Crippen molar-refractivity contribution in [2.45, 2.75) is 20.4 Å². The molecular weight excluding hydrogens is 352 g/mol. The number of nitrogens with one attached hydrogen (secondary N) is 1. The number of hydrogen-bond acceptors (Lipinski definition) is 5. The van der Waals surface area contributed by atoms with E-state index in [9.17, 15) is 4.79 Å². The van der Waals surface area contributed by atoms with Gasteiger partial charge < -0.3 is 9.73 Å². The first kappa shape index (κ1) is 17.7. The molecule has 4 aromatic rings. The van der Waals surface area contributed by atoms with Crippen LogP contribution in [0.15, 0.2) is 71.3 Å². The third-order valence-corrected chi connectivity index (χ3v) is 4.49. The quantitative estimate of drug-likeness (QED) is 0.560. The molecule has 6 heteroatoms. The van der Waals surface area contributed by atoms with Gasteiger partial charge in [-0.25, -0.2) is 0 Å². The van der Waals surface area contributed by atoms with Crippen LogP contribution < -0.4 is 5.32 Å². The maximum Gasteiger partial charge on any atom is 0.281 e. The summed E-state index contributed by atoms with van der Waals surface area (Å²) in [4.78, 5) is 17.7. The van der Waals surface area contributed by atoms with E-state index in [-0.39, 0.29) is 5.91 Å². The molecule has 140 valence electrons. The Morgan fingerprint density at radius 3 is 2.54 bits per heavy atom. The topological polar surface area (TPSA) is 73.0 Å². The van der Waals surface area contributed by atoms with Crippen LogP contribution in [-0.2, 0) is 6.54 Å². The van der Waals surface area contributed by atoms with Gasteiger partial charge in [-0.1, -0.05) is 48.0 Å². The summed E-state index contributed by atoms with van der Waals surface area (Å²) >= 11 is 0. The van der Waals surface area contributed by atoms with Crippen LogP contribution in [0.1, 0.15) is 27.2 Å². The van der Waals surface area contributed by atoms with Gasteiger partial charge >= 0.3 is 0 Å². The van der Waals surface area contributed by atoms with Gasteiger partial charge in [0.05, 0.1) is 12.8 Å². The Morgan fingerprint density at radius 1 is 1.04 bits per heavy atom. The molecule has 2 aromatic heterocycles. The highest BCUT2D eigenvalue weighted by Gasteiger charge is 2.20. The number of nitrogens with zero attached hydrogens (tertiary/aromatic N) is 3. The second-order valence-corrected chi connectivity index (χ2v) is 6.59. The summed E-state index contributed by atoms with van der Waals surface area (Å²) in [5.41, 5.74) is 3.47. The van der Waals surface area contributed by atoms with Crippen LogP contribution in [-0.4, -0.2) is 20.7 Å². The Labute approximate surface area is 162 Å². The van der Waals surface area contributed by atoms with E-state index in [1.54, 1.807) is 12.3 Å². The molecule has 6 nitrogen and oxygen atoms in total. The molecular formula is C22H20N4O2. The van der Waals surface area contributed by atoms with E-state index >= 15 is 0 Å². The summed E-state index contributed by atoms with van der Waals surface area (Å²) < 4.78 is 6.68. The van der Waals surface area contributed by atoms with Gasteiger partial charge in [0.15, 0.2) is 5.82 Å². The van der Waals surface area contributed by atoms with Gasteiger partial charge in [-0.3, -0.25) is 4.79 Å². The van der Waals surface area contributed by atoms with Crippen molar-refractivity contribution in [3.63, 3.8) is 0 Å². The van der Waals surface area contributed by atoms with Crippen molar-refractivity contribution in [1.29, 1.82) is 0 Å². The van der Waals surface area contributed by atoms with Crippen LogP contribution in [0.3, 0.4) is 0 Å². The lowest BCUT2D eigenvalue weighted by atomic mass is 10.1. The highest BCUT2D eigenvalue weighted by atomic mass is 16.3. The van der Waals surface area contributed by atoms with Crippen molar-refractivity contribution in [3.8, 4) is 11.4 Å². The zero-order chi connectivity index (χ0) is 19.5. The van der Waals surface area contributed by atoms with Gasteiger partial charge in [0.25, 0.3) is 5.91 Å². The summed E-state index contributed by atoms with van der Waals surface area (Å²) in [5, 5.41) is 7.65. The van der Waals surface area contributed by atoms with Gasteiger partial charge in [0.2, 0.25) is 5.95 Å². The minimum Gasteiger partial charge on any atom is -0.467 e. The second kappa shape index (κ2) is 7.52. The molecule has 2 heterocycles. The molecule has 0 amide bonds. The van der Waals surface area contributed by atoms with Crippen LogP contribution in [0.2, 0.25) is 0 Å². The van der Waals surface area contributed by atoms with E-state index in [0.717, 1.165) is 22.5 Å². The largest absolute Gasteiger partial charge is 0.467 e. The predicted octanol–water partition coefficient (Wildman–Crippen LogP) is 4.46. The van der Waals surface area contributed by atoms with Crippen LogP contribution in [0.25, 0.3) is 11.4 Å². The molecule has 0 fully saturated rings. The normalized spacial score (nSPS) is 10.8. The second-order valence-electron chi connectivity index (χ2n) is 6.59. The van der Waals surface area contributed by atoms with Crippen LogP contribution in [0, 0.1) is 13.8 Å². The Balaban J connectivity index is 1.72. The number of carbonyl (C=O) groups is 1. The molecule has 28 heavy (non-hydrogen) atoms. The molecule has 1 N–H and O–H groups in total. The molecule has 4 rings (SSSR count). The molecule has 0 aliphatic carbocycles. The number of aromatic nitrogens is 3. The zero-order valence-electron chi connectivity index (χ0n) is 15.7. The van der Waals surface area contributed by atoms with Crippen LogP contribution in [0.4, 0.5) is 5.95 Å². The van der Waals surface area contributed by atoms with E-state index in [4.69, 9.17) is 4.42 Å². The third kappa shape index (κ3) is 3.57. The van der Waals surface area contributed by atoms with E-state index in [1.165, 1.54) is 4.68 Å². The SMILES string of the molecule is Cc1ccc(-c2nc(NCc3ccco3)n(C(=O)c3ccccc3C)n2)cc1. The summed E-state index contributed by atoms with van der Waals surface area (Å²) in [5.74, 6) is 1.38. The zero-order valence-corrected chi connectivity index (χ0v) is 15.7. The first-order valence-corrected chi connectivity index (χ1v) is 9.02. The average Bonchev–Trinajstić information content (AvgIpc) is 3.37. The Bertz CT molecular complexity index is 1100. The molecule has 0 saturated carbocycles. The van der Waals surface area contributed by atoms with Gasteiger partial charge in [0.1, 0.15) is 5.76 Å². The number of hydrogen-bond donors (Lipinski definition) is 1. The summed E-state index contributed by atoms with van der Waals surface area (Å²) in [6.07, 6.45) is 1.61. The number of aryl methyl sites for hydroxylation is 2. The first-order chi connectivity index (χ1) is 13.6. The fourth-order valence-electron chi connectivity index (χ4n) is 2.90. The molecule has 0 bridgehead atoms. The molecule has 0 aliphatic rings. The molecule has 0 saturated heterocycles. The molecule has 0 aliphatic heterocycles. The first-order valence-electron chi connectivity index (χ1n) is 9.02. The van der Waals surface area contributed by atoms with E-state index in [0.29, 0.717) is 23.9 Å². The third-order valence-electron chi connectivity index (χ3n) is 4.49. The van der Waals surface area contributed by atoms with Gasteiger partial charge in [0, 0.05) is 11.1 Å². The molecule has 0 radical (unpaired) electrons. The fourth-order valence-corrected chi connectivity index (χ4v) is 2.90. The molecule has 0 atom stereocenters. The highest BCUT2D eigenvalue weighted by molar-refractivity contribution is 5.98. The number of anilines is 1. The number of furan rings is 1. The number of benzene rings is 2. The standard InChI is InChI=1S/C22H20N4O2/c1-15-9-11-17(12-10-15)20-24-22(23-14-18-7-5-13-28-18)26(25-20)21(27)19-8-4-3-6-16(19)2/h3-13H,14H2,1-2H3,(H,23,24,25).